The van der Waals surface area contributed by atoms with Crippen LogP contribution in [0.3, 0.4) is 0 Å². The van der Waals surface area contributed by atoms with Crippen molar-refractivity contribution in [1.82, 2.24) is 5.32 Å². The summed E-state index contributed by atoms with van der Waals surface area (Å²) in [4.78, 5) is 0. The van der Waals surface area contributed by atoms with Crippen LogP contribution in [0.25, 0.3) is 0 Å². The van der Waals surface area contributed by atoms with Crippen molar-refractivity contribution < 1.29 is 0 Å². The van der Waals surface area contributed by atoms with Crippen LogP contribution >= 0.6 is 0 Å². The first-order chi connectivity index (χ1) is 3.93. The molecule has 3 N–H and O–H groups in total. The third kappa shape index (κ3) is 1.46. The molecule has 1 atom stereocenters. The van der Waals surface area contributed by atoms with Crippen LogP contribution in [0, 0.1) is 5.92 Å². The van der Waals surface area contributed by atoms with Crippen molar-refractivity contribution in [1.29, 1.82) is 0 Å². The summed E-state index contributed by atoms with van der Waals surface area (Å²) in [6.07, 6.45) is 2.53. The Labute approximate surface area is 50.4 Å². The van der Waals surface area contributed by atoms with Crippen LogP contribution in [0.5, 0.6) is 0 Å². The second-order valence-corrected chi connectivity index (χ2v) is 2.44. The molecule has 1 heterocycles. The van der Waals surface area contributed by atoms with E-state index in [1.165, 1.54) is 25.9 Å². The normalized spacial score (nSPS) is 28.9. The van der Waals surface area contributed by atoms with Crippen LogP contribution in [-0.2, 0) is 0 Å². The van der Waals surface area contributed by atoms with E-state index in [1.807, 2.05) is 0 Å². The minimum atomic E-state index is 0.854. The highest BCUT2D eigenvalue weighted by molar-refractivity contribution is 4.70. The van der Waals surface area contributed by atoms with Gasteiger partial charge < -0.3 is 11.1 Å². The summed E-state index contributed by atoms with van der Waals surface area (Å²) >= 11 is 0. The predicted molar refractivity (Wildman–Crippen MR) is 34.6 cm³/mol. The molecule has 1 fully saturated rings. The third-order valence-corrected chi connectivity index (χ3v) is 1.74. The summed E-state index contributed by atoms with van der Waals surface area (Å²) in [5.74, 6) is 0.875. The van der Waals surface area contributed by atoms with Gasteiger partial charge in [-0.25, -0.2) is 0 Å². The van der Waals surface area contributed by atoms with Crippen LogP contribution < -0.4 is 11.1 Å². The van der Waals surface area contributed by atoms with Gasteiger partial charge in [0.05, 0.1) is 0 Å². The fourth-order valence-corrected chi connectivity index (χ4v) is 1.20. The monoisotopic (exact) mass is 114 g/mol. The van der Waals surface area contributed by atoms with Gasteiger partial charge in [0.15, 0.2) is 0 Å². The van der Waals surface area contributed by atoms with Gasteiger partial charge in [-0.15, -0.1) is 0 Å². The molecule has 2 nitrogen and oxygen atoms in total. The number of nitrogens with two attached hydrogens (primary N) is 1. The molecule has 1 rings (SSSR count). The molecular weight excluding hydrogens is 100 g/mol. The molecule has 0 aromatic rings. The molecule has 0 aliphatic carbocycles. The third-order valence-electron chi connectivity index (χ3n) is 1.74. The molecule has 48 valence electrons. The summed E-state index contributed by atoms with van der Waals surface area (Å²) in [5.41, 5.74) is 5.38. The average molecular weight is 114 g/mol. The summed E-state index contributed by atoms with van der Waals surface area (Å²) in [6, 6.07) is 0. The lowest BCUT2D eigenvalue weighted by molar-refractivity contribution is 0.541. The lowest BCUT2D eigenvalue weighted by Crippen LogP contribution is -2.12. The van der Waals surface area contributed by atoms with Gasteiger partial charge in [-0.1, -0.05) is 0 Å². The lowest BCUT2D eigenvalue weighted by atomic mass is 10.1. The Balaban J connectivity index is 2.06. The Morgan fingerprint density at radius 3 is 3.00 bits per heavy atom. The van der Waals surface area contributed by atoms with Crippen LogP contribution in [0.4, 0.5) is 0 Å². The Hall–Kier alpha value is -0.0800. The first kappa shape index (κ1) is 6.05. The van der Waals surface area contributed by atoms with Gasteiger partial charge in [0.2, 0.25) is 0 Å². The van der Waals surface area contributed by atoms with E-state index in [2.05, 4.69) is 5.32 Å². The van der Waals surface area contributed by atoms with Crippen LogP contribution in [0.2, 0.25) is 0 Å². The molecule has 1 aliphatic rings. The second kappa shape index (κ2) is 3.05. The molecule has 0 aromatic carbocycles. The molecule has 0 radical (unpaired) electrons. The molecule has 0 aromatic heterocycles. The molecule has 0 saturated carbocycles. The van der Waals surface area contributed by atoms with E-state index in [9.17, 15) is 0 Å². The van der Waals surface area contributed by atoms with E-state index < -0.39 is 0 Å². The topological polar surface area (TPSA) is 38.0 Å². The number of hydrogen-bond donors (Lipinski definition) is 2. The number of hydrogen-bond acceptors (Lipinski definition) is 2. The van der Waals surface area contributed by atoms with Crippen molar-refractivity contribution in [3.05, 3.63) is 0 Å². The molecule has 0 amide bonds. The fraction of sp³-hybridized carbons (Fsp3) is 1.00. The van der Waals surface area contributed by atoms with Crippen molar-refractivity contribution in [2.75, 3.05) is 19.6 Å². The van der Waals surface area contributed by atoms with Crippen LogP contribution in [0.15, 0.2) is 0 Å². The van der Waals surface area contributed by atoms with Crippen molar-refractivity contribution in [3.63, 3.8) is 0 Å². The van der Waals surface area contributed by atoms with Crippen molar-refractivity contribution >= 4 is 0 Å². The summed E-state index contributed by atoms with van der Waals surface area (Å²) < 4.78 is 0. The first-order valence-electron chi connectivity index (χ1n) is 3.34. The van der Waals surface area contributed by atoms with E-state index in [4.69, 9.17) is 5.73 Å². The predicted octanol–water partition coefficient (Wildman–Crippen LogP) is -0.0553. The van der Waals surface area contributed by atoms with E-state index in [0.717, 1.165) is 12.5 Å². The lowest BCUT2D eigenvalue weighted by Gasteiger charge is -2.02. The maximum Gasteiger partial charge on any atom is -0.00196 e. The van der Waals surface area contributed by atoms with Crippen LogP contribution in [0.1, 0.15) is 12.8 Å². The zero-order chi connectivity index (χ0) is 5.82. The van der Waals surface area contributed by atoms with E-state index >= 15 is 0 Å². The molecule has 0 spiro atoms. The molecule has 1 aliphatic heterocycles. The van der Waals surface area contributed by atoms with Gasteiger partial charge in [0.1, 0.15) is 0 Å². The number of rotatable bonds is 2. The van der Waals surface area contributed by atoms with Crippen molar-refractivity contribution in [2.24, 2.45) is 11.7 Å². The average Bonchev–Trinajstić information content (AvgIpc) is 2.19. The Bertz CT molecular complexity index is 57.5. The summed E-state index contributed by atoms with van der Waals surface area (Å²) in [7, 11) is 0. The highest BCUT2D eigenvalue weighted by Crippen LogP contribution is 2.09. The minimum Gasteiger partial charge on any atom is -0.330 e. The molecular formula is C6H14N2. The molecule has 1 saturated heterocycles. The van der Waals surface area contributed by atoms with Gasteiger partial charge >= 0.3 is 0 Å². The minimum absolute atomic E-state index is 0.854. The zero-order valence-corrected chi connectivity index (χ0v) is 5.19. The van der Waals surface area contributed by atoms with Gasteiger partial charge in [0.25, 0.3) is 0 Å². The van der Waals surface area contributed by atoms with E-state index in [0.29, 0.717) is 0 Å². The van der Waals surface area contributed by atoms with E-state index in [1.54, 1.807) is 0 Å². The Morgan fingerprint density at radius 2 is 2.50 bits per heavy atom. The second-order valence-electron chi connectivity index (χ2n) is 2.44. The largest absolute Gasteiger partial charge is 0.330 e. The van der Waals surface area contributed by atoms with Crippen molar-refractivity contribution in [2.45, 2.75) is 12.8 Å². The quantitative estimate of drug-likeness (QED) is 0.528. The Kier molecular flexibility index (Phi) is 2.30. The van der Waals surface area contributed by atoms with Gasteiger partial charge in [-0.3, -0.25) is 0 Å². The maximum absolute atomic E-state index is 5.38. The summed E-state index contributed by atoms with van der Waals surface area (Å²) in [6.45, 7) is 3.24. The standard InChI is InChI=1S/C6H14N2/c7-3-1-6-2-4-8-5-6/h6,8H,1-5,7H2/t6-/m1/s1. The van der Waals surface area contributed by atoms with Crippen molar-refractivity contribution in [3.8, 4) is 0 Å². The highest BCUT2D eigenvalue weighted by Gasteiger charge is 2.11. The SMILES string of the molecule is NCC[C@@H]1CCNC1. The molecule has 8 heavy (non-hydrogen) atoms. The fourth-order valence-electron chi connectivity index (χ4n) is 1.20. The molecule has 0 unspecified atom stereocenters. The van der Waals surface area contributed by atoms with E-state index in [-0.39, 0.29) is 0 Å². The highest BCUT2D eigenvalue weighted by atomic mass is 14.9. The van der Waals surface area contributed by atoms with Gasteiger partial charge in [-0.05, 0) is 38.4 Å². The van der Waals surface area contributed by atoms with Gasteiger partial charge in [-0.2, -0.15) is 0 Å². The number of nitrogens with one attached hydrogen (secondary N) is 1. The molecule has 2 heteroatoms. The molecule has 0 bridgehead atoms. The zero-order valence-electron chi connectivity index (χ0n) is 5.19. The first-order valence-corrected chi connectivity index (χ1v) is 3.34. The Morgan fingerprint density at radius 1 is 1.62 bits per heavy atom. The van der Waals surface area contributed by atoms with Gasteiger partial charge in [0, 0.05) is 0 Å². The van der Waals surface area contributed by atoms with Crippen LogP contribution in [-0.4, -0.2) is 19.6 Å². The maximum atomic E-state index is 5.38. The smallest absolute Gasteiger partial charge is 0.00196 e. The summed E-state index contributed by atoms with van der Waals surface area (Å²) in [5, 5.41) is 3.30.